The minimum Gasteiger partial charge on any atom is -0.480 e. The van der Waals surface area contributed by atoms with Crippen molar-refractivity contribution in [2.24, 2.45) is 0 Å². The van der Waals surface area contributed by atoms with Crippen LogP contribution in [0.15, 0.2) is 0 Å². The van der Waals surface area contributed by atoms with E-state index < -0.39 is 18.1 Å². The molecule has 0 radical (unpaired) electrons. The van der Waals surface area contributed by atoms with Crippen molar-refractivity contribution in [3.8, 4) is 0 Å². The zero-order valence-electron chi connectivity index (χ0n) is 9.03. The summed E-state index contributed by atoms with van der Waals surface area (Å²) in [5.41, 5.74) is 0. The maximum absolute atomic E-state index is 11.5. The number of aliphatic carboxylic acids is 1. The van der Waals surface area contributed by atoms with Gasteiger partial charge in [0.25, 0.3) is 0 Å². The Morgan fingerprint density at radius 3 is 2.67 bits per heavy atom. The van der Waals surface area contributed by atoms with Crippen molar-refractivity contribution < 1.29 is 19.4 Å². The van der Waals surface area contributed by atoms with Crippen molar-refractivity contribution in [3.63, 3.8) is 0 Å². The second kappa shape index (κ2) is 5.11. The summed E-state index contributed by atoms with van der Waals surface area (Å²) in [7, 11) is 0. The topological polar surface area (TPSA) is 75.6 Å². The number of rotatable bonds is 4. The molecule has 0 aromatic carbocycles. The molecule has 0 bridgehead atoms. The summed E-state index contributed by atoms with van der Waals surface area (Å²) in [5.74, 6) is -1.35. The first-order chi connectivity index (χ1) is 7.04. The Balaban J connectivity index is 2.38. The maximum atomic E-state index is 11.5. The molecule has 0 aromatic heterocycles. The van der Waals surface area contributed by atoms with Crippen molar-refractivity contribution >= 4 is 11.9 Å². The summed E-state index contributed by atoms with van der Waals surface area (Å²) in [4.78, 5) is 22.0. The van der Waals surface area contributed by atoms with Gasteiger partial charge in [0.15, 0.2) is 0 Å². The lowest BCUT2D eigenvalue weighted by atomic mass is 10.1. The quantitative estimate of drug-likeness (QED) is 0.717. The first-order valence-electron chi connectivity index (χ1n) is 5.23. The van der Waals surface area contributed by atoms with Gasteiger partial charge in [-0.05, 0) is 26.2 Å². The molecule has 1 rings (SSSR count). The van der Waals surface area contributed by atoms with Crippen molar-refractivity contribution in [2.45, 2.75) is 51.4 Å². The fourth-order valence-electron chi connectivity index (χ4n) is 1.57. The normalized spacial score (nSPS) is 27.3. The first kappa shape index (κ1) is 12.0. The zero-order chi connectivity index (χ0) is 11.4. The standard InChI is InChI=1S/C10H17NO4/c1-3-7-4-5-8(15-7)9(12)11-6(2)10(13)14/h6-8H,3-5H2,1-2H3,(H,11,12)(H,13,14). The molecule has 1 aliphatic rings. The van der Waals surface area contributed by atoms with Gasteiger partial charge in [-0.25, -0.2) is 0 Å². The molecule has 1 amide bonds. The molecule has 1 aliphatic heterocycles. The summed E-state index contributed by atoms with van der Waals surface area (Å²) < 4.78 is 5.45. The van der Waals surface area contributed by atoms with E-state index in [-0.39, 0.29) is 12.0 Å². The predicted molar refractivity (Wildman–Crippen MR) is 53.4 cm³/mol. The molecule has 0 aliphatic carbocycles. The molecule has 2 N–H and O–H groups in total. The summed E-state index contributed by atoms with van der Waals surface area (Å²) in [5, 5.41) is 11.0. The number of hydrogen-bond acceptors (Lipinski definition) is 3. The van der Waals surface area contributed by atoms with E-state index in [1.807, 2.05) is 6.92 Å². The summed E-state index contributed by atoms with van der Waals surface area (Å²) in [6.07, 6.45) is 2.10. The third-order valence-electron chi connectivity index (χ3n) is 2.58. The lowest BCUT2D eigenvalue weighted by molar-refractivity contribution is -0.143. The van der Waals surface area contributed by atoms with Crippen LogP contribution >= 0.6 is 0 Å². The van der Waals surface area contributed by atoms with Crippen LogP contribution in [-0.4, -0.2) is 35.2 Å². The van der Waals surface area contributed by atoms with Gasteiger partial charge in [0, 0.05) is 0 Å². The van der Waals surface area contributed by atoms with E-state index >= 15 is 0 Å². The molecule has 3 unspecified atom stereocenters. The molecule has 3 atom stereocenters. The van der Waals surface area contributed by atoms with Crippen molar-refractivity contribution in [2.75, 3.05) is 0 Å². The van der Waals surface area contributed by atoms with Crippen LogP contribution in [0.5, 0.6) is 0 Å². The third-order valence-corrected chi connectivity index (χ3v) is 2.58. The number of carboxylic acid groups (broad SMARTS) is 1. The van der Waals surface area contributed by atoms with Crippen LogP contribution in [0.3, 0.4) is 0 Å². The Bertz CT molecular complexity index is 254. The minimum atomic E-state index is -1.03. The van der Waals surface area contributed by atoms with Gasteiger partial charge in [0.2, 0.25) is 5.91 Å². The van der Waals surface area contributed by atoms with Crippen molar-refractivity contribution in [1.29, 1.82) is 0 Å². The Labute approximate surface area is 88.8 Å². The van der Waals surface area contributed by atoms with Crippen LogP contribution in [0, 0.1) is 0 Å². The zero-order valence-corrected chi connectivity index (χ0v) is 9.03. The molecule has 1 fully saturated rings. The van der Waals surface area contributed by atoms with E-state index in [1.165, 1.54) is 6.92 Å². The maximum Gasteiger partial charge on any atom is 0.325 e. The summed E-state index contributed by atoms with van der Waals surface area (Å²) >= 11 is 0. The van der Waals surface area contributed by atoms with Crippen LogP contribution in [-0.2, 0) is 14.3 Å². The van der Waals surface area contributed by atoms with Crippen LogP contribution < -0.4 is 5.32 Å². The van der Waals surface area contributed by atoms with Crippen molar-refractivity contribution in [1.82, 2.24) is 5.32 Å². The van der Waals surface area contributed by atoms with E-state index in [9.17, 15) is 9.59 Å². The largest absolute Gasteiger partial charge is 0.480 e. The first-order valence-corrected chi connectivity index (χ1v) is 5.23. The lowest BCUT2D eigenvalue weighted by Crippen LogP contribution is -2.43. The second-order valence-corrected chi connectivity index (χ2v) is 3.80. The second-order valence-electron chi connectivity index (χ2n) is 3.80. The molecule has 0 spiro atoms. The van der Waals surface area contributed by atoms with E-state index in [4.69, 9.17) is 9.84 Å². The van der Waals surface area contributed by atoms with E-state index in [2.05, 4.69) is 5.32 Å². The SMILES string of the molecule is CCC1CCC(C(=O)NC(C)C(=O)O)O1. The molecular formula is C10H17NO4. The van der Waals surface area contributed by atoms with Crippen LogP contribution in [0.2, 0.25) is 0 Å². The highest BCUT2D eigenvalue weighted by Gasteiger charge is 2.30. The van der Waals surface area contributed by atoms with Gasteiger partial charge in [-0.3, -0.25) is 9.59 Å². The van der Waals surface area contributed by atoms with Crippen LogP contribution in [0.4, 0.5) is 0 Å². The number of carbonyl (C=O) groups is 2. The number of ether oxygens (including phenoxy) is 1. The Morgan fingerprint density at radius 1 is 1.53 bits per heavy atom. The molecule has 1 heterocycles. The Hall–Kier alpha value is -1.10. The number of carboxylic acids is 1. The Morgan fingerprint density at radius 2 is 2.20 bits per heavy atom. The highest BCUT2D eigenvalue weighted by molar-refractivity contribution is 5.86. The molecule has 0 saturated carbocycles. The van der Waals surface area contributed by atoms with Gasteiger partial charge < -0.3 is 15.2 Å². The molecule has 0 aromatic rings. The fraction of sp³-hybridized carbons (Fsp3) is 0.800. The van der Waals surface area contributed by atoms with Gasteiger partial charge in [0.1, 0.15) is 12.1 Å². The number of hydrogen-bond donors (Lipinski definition) is 2. The lowest BCUT2D eigenvalue weighted by Gasteiger charge is -2.14. The van der Waals surface area contributed by atoms with E-state index in [1.54, 1.807) is 0 Å². The third kappa shape index (κ3) is 3.20. The van der Waals surface area contributed by atoms with Crippen molar-refractivity contribution in [3.05, 3.63) is 0 Å². The average Bonchev–Trinajstić information content (AvgIpc) is 2.65. The van der Waals surface area contributed by atoms with E-state index in [0.717, 1.165) is 12.8 Å². The van der Waals surface area contributed by atoms with Gasteiger partial charge in [0.05, 0.1) is 6.10 Å². The monoisotopic (exact) mass is 215 g/mol. The van der Waals surface area contributed by atoms with Gasteiger partial charge in [-0.15, -0.1) is 0 Å². The highest BCUT2D eigenvalue weighted by atomic mass is 16.5. The fourth-order valence-corrected chi connectivity index (χ4v) is 1.57. The van der Waals surface area contributed by atoms with Gasteiger partial charge in [-0.2, -0.15) is 0 Å². The Kier molecular flexibility index (Phi) is 4.08. The molecule has 86 valence electrons. The summed E-state index contributed by atoms with van der Waals surface area (Å²) in [6, 6.07) is -0.859. The number of nitrogens with one attached hydrogen (secondary N) is 1. The molecule has 5 nitrogen and oxygen atoms in total. The molecule has 5 heteroatoms. The average molecular weight is 215 g/mol. The molecule has 15 heavy (non-hydrogen) atoms. The predicted octanol–water partition coefficient (Wildman–Crippen LogP) is 0.533. The minimum absolute atomic E-state index is 0.140. The smallest absolute Gasteiger partial charge is 0.325 e. The van der Waals surface area contributed by atoms with Crippen LogP contribution in [0.1, 0.15) is 33.1 Å². The van der Waals surface area contributed by atoms with E-state index in [0.29, 0.717) is 6.42 Å². The molecule has 1 saturated heterocycles. The van der Waals surface area contributed by atoms with Crippen LogP contribution in [0.25, 0.3) is 0 Å². The highest BCUT2D eigenvalue weighted by Crippen LogP contribution is 2.21. The number of amides is 1. The van der Waals surface area contributed by atoms with Gasteiger partial charge >= 0.3 is 5.97 Å². The summed E-state index contributed by atoms with van der Waals surface area (Å²) in [6.45, 7) is 3.44. The van der Waals surface area contributed by atoms with Gasteiger partial charge in [-0.1, -0.05) is 6.92 Å². The number of carbonyl (C=O) groups excluding carboxylic acids is 1. The molecular weight excluding hydrogens is 198 g/mol.